The van der Waals surface area contributed by atoms with Crippen molar-refractivity contribution in [2.75, 3.05) is 0 Å². The average molecular weight is 473 g/mol. The van der Waals surface area contributed by atoms with Crippen molar-refractivity contribution < 1.29 is 4.42 Å². The number of thioether (sulfide) groups is 1. The van der Waals surface area contributed by atoms with Crippen molar-refractivity contribution in [3.63, 3.8) is 0 Å². The minimum Gasteiger partial charge on any atom is -0.424 e. The number of rotatable bonds is 8. The topological polar surface area (TPSA) is 73.8 Å². The Bertz CT molecular complexity index is 1460. The van der Waals surface area contributed by atoms with Gasteiger partial charge in [-0.15, -0.1) is 28.1 Å². The fourth-order valence-electron chi connectivity index (χ4n) is 3.55. The SMILES string of the molecule is C=CCn1c(SCc2nnc(Cc3ccccc3)o2)nc2scc(-c3ccccc3)c2c1=O. The Morgan fingerprint density at radius 3 is 2.52 bits per heavy atom. The number of aromatic nitrogens is 4. The Hall–Kier alpha value is -3.49. The zero-order valence-electron chi connectivity index (χ0n) is 17.7. The normalized spacial score (nSPS) is 11.2. The van der Waals surface area contributed by atoms with Crippen molar-refractivity contribution in [1.82, 2.24) is 19.7 Å². The summed E-state index contributed by atoms with van der Waals surface area (Å²) in [6, 6.07) is 19.9. The minimum absolute atomic E-state index is 0.0715. The summed E-state index contributed by atoms with van der Waals surface area (Å²) in [4.78, 5) is 18.9. The number of thiophene rings is 1. The highest BCUT2D eigenvalue weighted by atomic mass is 32.2. The summed E-state index contributed by atoms with van der Waals surface area (Å²) in [6.45, 7) is 4.19. The number of fused-ring (bicyclic) bond motifs is 1. The van der Waals surface area contributed by atoms with Crippen molar-refractivity contribution in [3.05, 3.63) is 106 Å². The number of hydrogen-bond acceptors (Lipinski definition) is 7. The maximum absolute atomic E-state index is 13.4. The molecule has 0 aliphatic carbocycles. The van der Waals surface area contributed by atoms with E-state index in [4.69, 9.17) is 9.40 Å². The molecule has 0 unspecified atom stereocenters. The monoisotopic (exact) mass is 472 g/mol. The number of allylic oxidation sites excluding steroid dienone is 1. The van der Waals surface area contributed by atoms with Crippen LogP contribution in [0.5, 0.6) is 0 Å². The predicted octanol–water partition coefficient (Wildman–Crippen LogP) is 5.58. The molecule has 0 saturated carbocycles. The fraction of sp³-hybridized carbons (Fsp3) is 0.120. The summed E-state index contributed by atoms with van der Waals surface area (Å²) in [6.07, 6.45) is 2.29. The lowest BCUT2D eigenvalue weighted by molar-refractivity contribution is 0.473. The first kappa shape index (κ1) is 21.4. The van der Waals surface area contributed by atoms with Gasteiger partial charge in [0.2, 0.25) is 11.8 Å². The first-order valence-electron chi connectivity index (χ1n) is 10.4. The fourth-order valence-corrected chi connectivity index (χ4v) is 5.38. The summed E-state index contributed by atoms with van der Waals surface area (Å²) in [5.74, 6) is 1.49. The smallest absolute Gasteiger partial charge is 0.263 e. The molecule has 2 aromatic carbocycles. The van der Waals surface area contributed by atoms with E-state index in [0.717, 1.165) is 21.5 Å². The summed E-state index contributed by atoms with van der Waals surface area (Å²) >= 11 is 2.88. The van der Waals surface area contributed by atoms with Crippen LogP contribution in [0.1, 0.15) is 17.3 Å². The number of benzene rings is 2. The van der Waals surface area contributed by atoms with Crippen LogP contribution in [0.25, 0.3) is 21.3 Å². The lowest BCUT2D eigenvalue weighted by atomic mass is 10.1. The van der Waals surface area contributed by atoms with E-state index in [-0.39, 0.29) is 5.56 Å². The van der Waals surface area contributed by atoms with Gasteiger partial charge in [-0.3, -0.25) is 9.36 Å². The third-order valence-corrected chi connectivity index (χ3v) is 6.92. The van der Waals surface area contributed by atoms with E-state index in [9.17, 15) is 4.79 Å². The van der Waals surface area contributed by atoms with Crippen LogP contribution in [-0.2, 0) is 18.7 Å². The molecule has 0 atom stereocenters. The van der Waals surface area contributed by atoms with Crippen LogP contribution < -0.4 is 5.56 Å². The molecule has 164 valence electrons. The molecule has 0 radical (unpaired) electrons. The molecule has 0 N–H and O–H groups in total. The third kappa shape index (κ3) is 4.53. The molecule has 3 aromatic heterocycles. The van der Waals surface area contributed by atoms with E-state index in [0.29, 0.717) is 41.0 Å². The zero-order valence-corrected chi connectivity index (χ0v) is 19.3. The van der Waals surface area contributed by atoms with Gasteiger partial charge in [0.05, 0.1) is 17.6 Å². The second-order valence-corrected chi connectivity index (χ2v) is 9.14. The Balaban J connectivity index is 1.42. The molecule has 5 rings (SSSR count). The first-order chi connectivity index (χ1) is 16.2. The molecule has 0 aliphatic rings. The van der Waals surface area contributed by atoms with Gasteiger partial charge < -0.3 is 4.42 Å². The zero-order chi connectivity index (χ0) is 22.6. The standard InChI is InChI=1S/C25H20N4O2S2/c1-2-13-29-24(30)22-19(18-11-7-4-8-12-18)15-32-23(22)26-25(29)33-16-21-28-27-20(31-21)14-17-9-5-3-6-10-17/h2-12,15H,1,13-14,16H2. The van der Waals surface area contributed by atoms with Gasteiger partial charge in [-0.2, -0.15) is 0 Å². The van der Waals surface area contributed by atoms with Crippen LogP contribution >= 0.6 is 23.1 Å². The summed E-state index contributed by atoms with van der Waals surface area (Å²) in [5, 5.41) is 11.6. The molecule has 0 spiro atoms. The maximum Gasteiger partial charge on any atom is 0.263 e. The van der Waals surface area contributed by atoms with Crippen LogP contribution in [0.4, 0.5) is 0 Å². The second kappa shape index (κ2) is 9.56. The van der Waals surface area contributed by atoms with Crippen LogP contribution in [0.15, 0.2) is 93.1 Å². The highest BCUT2D eigenvalue weighted by Crippen LogP contribution is 2.32. The molecule has 0 fully saturated rings. The van der Waals surface area contributed by atoms with Gasteiger partial charge in [-0.25, -0.2) is 4.98 Å². The van der Waals surface area contributed by atoms with Crippen molar-refractivity contribution in [2.24, 2.45) is 0 Å². The quantitative estimate of drug-likeness (QED) is 0.167. The molecular weight excluding hydrogens is 452 g/mol. The predicted molar refractivity (Wildman–Crippen MR) is 133 cm³/mol. The molecule has 8 heteroatoms. The Morgan fingerprint density at radius 1 is 1.03 bits per heavy atom. The largest absolute Gasteiger partial charge is 0.424 e. The van der Waals surface area contributed by atoms with Crippen molar-refractivity contribution in [3.8, 4) is 11.1 Å². The highest BCUT2D eigenvalue weighted by Gasteiger charge is 2.18. The number of hydrogen-bond donors (Lipinski definition) is 0. The lowest BCUT2D eigenvalue weighted by Gasteiger charge is -2.10. The summed E-state index contributed by atoms with van der Waals surface area (Å²) < 4.78 is 7.47. The van der Waals surface area contributed by atoms with Gasteiger partial charge in [-0.1, -0.05) is 78.5 Å². The molecule has 0 bridgehead atoms. The van der Waals surface area contributed by atoms with E-state index in [1.54, 1.807) is 10.6 Å². The highest BCUT2D eigenvalue weighted by molar-refractivity contribution is 7.98. The minimum atomic E-state index is -0.0715. The summed E-state index contributed by atoms with van der Waals surface area (Å²) in [5.41, 5.74) is 2.95. The molecule has 33 heavy (non-hydrogen) atoms. The Kier molecular flexibility index (Phi) is 6.19. The third-order valence-electron chi connectivity index (χ3n) is 5.09. The molecule has 0 saturated heterocycles. The van der Waals surface area contributed by atoms with E-state index in [1.807, 2.05) is 66.0 Å². The average Bonchev–Trinajstić information content (AvgIpc) is 3.48. The molecule has 6 nitrogen and oxygen atoms in total. The van der Waals surface area contributed by atoms with E-state index < -0.39 is 0 Å². The Labute approximate surface area is 198 Å². The van der Waals surface area contributed by atoms with E-state index in [1.165, 1.54) is 23.1 Å². The van der Waals surface area contributed by atoms with Gasteiger partial charge in [0.15, 0.2) is 5.16 Å². The van der Waals surface area contributed by atoms with Crippen LogP contribution in [-0.4, -0.2) is 19.7 Å². The lowest BCUT2D eigenvalue weighted by Crippen LogP contribution is -2.22. The number of nitrogens with zero attached hydrogens (tertiary/aromatic N) is 4. The van der Waals surface area contributed by atoms with E-state index in [2.05, 4.69) is 16.8 Å². The van der Waals surface area contributed by atoms with Gasteiger partial charge in [0.1, 0.15) is 4.83 Å². The molecule has 3 heterocycles. The molecule has 5 aromatic rings. The van der Waals surface area contributed by atoms with Gasteiger partial charge in [0.25, 0.3) is 5.56 Å². The molecule has 0 aliphatic heterocycles. The molecular formula is C25H20N4O2S2. The Morgan fingerprint density at radius 2 is 1.76 bits per heavy atom. The van der Waals surface area contributed by atoms with Crippen LogP contribution in [0.3, 0.4) is 0 Å². The van der Waals surface area contributed by atoms with Crippen molar-refractivity contribution in [1.29, 1.82) is 0 Å². The first-order valence-corrected chi connectivity index (χ1v) is 12.3. The molecule has 0 amide bonds. The van der Waals surface area contributed by atoms with Crippen LogP contribution in [0.2, 0.25) is 0 Å². The second-order valence-electron chi connectivity index (χ2n) is 7.33. The summed E-state index contributed by atoms with van der Waals surface area (Å²) in [7, 11) is 0. The van der Waals surface area contributed by atoms with Crippen molar-refractivity contribution >= 4 is 33.3 Å². The van der Waals surface area contributed by atoms with Gasteiger partial charge in [0, 0.05) is 17.5 Å². The van der Waals surface area contributed by atoms with E-state index >= 15 is 0 Å². The van der Waals surface area contributed by atoms with Gasteiger partial charge >= 0.3 is 0 Å². The van der Waals surface area contributed by atoms with Crippen LogP contribution in [0, 0.1) is 0 Å². The van der Waals surface area contributed by atoms with Gasteiger partial charge in [-0.05, 0) is 11.1 Å². The maximum atomic E-state index is 13.4. The van der Waals surface area contributed by atoms with Crippen molar-refractivity contribution in [2.45, 2.75) is 23.9 Å².